The zero-order chi connectivity index (χ0) is 14.5. The van der Waals surface area contributed by atoms with Crippen LogP contribution in [0.5, 0.6) is 0 Å². The average molecular weight is 275 g/mol. The standard InChI is InChI=1S/C15H21N3O2/c1-11(19)13-7-2-3-8-14(13)15(20)18(16)10-12-6-4-5-9-17-12/h4-6,9,13-14H,2-3,7-8,10,16H2,1H3/t13-,14-/m1/s1. The largest absolute Gasteiger partial charge is 0.300 e. The highest BCUT2D eigenvalue weighted by Crippen LogP contribution is 2.31. The maximum atomic E-state index is 12.4. The predicted molar refractivity (Wildman–Crippen MR) is 75.1 cm³/mol. The predicted octanol–water partition coefficient (Wildman–Crippen LogP) is 1.68. The Labute approximate surface area is 119 Å². The fourth-order valence-corrected chi connectivity index (χ4v) is 2.87. The fourth-order valence-electron chi connectivity index (χ4n) is 2.87. The Morgan fingerprint density at radius 2 is 2.00 bits per heavy atom. The highest BCUT2D eigenvalue weighted by molar-refractivity contribution is 5.87. The summed E-state index contributed by atoms with van der Waals surface area (Å²) in [4.78, 5) is 28.3. The third-order valence-corrected chi connectivity index (χ3v) is 3.95. The van der Waals surface area contributed by atoms with Crippen LogP contribution < -0.4 is 5.84 Å². The van der Waals surface area contributed by atoms with Gasteiger partial charge in [0.2, 0.25) is 5.91 Å². The van der Waals surface area contributed by atoms with E-state index in [1.807, 2.05) is 18.2 Å². The first-order valence-corrected chi connectivity index (χ1v) is 7.06. The van der Waals surface area contributed by atoms with Gasteiger partial charge in [-0.05, 0) is 31.9 Å². The molecule has 1 saturated carbocycles. The van der Waals surface area contributed by atoms with Crippen molar-refractivity contribution in [1.29, 1.82) is 0 Å². The van der Waals surface area contributed by atoms with Crippen molar-refractivity contribution in [2.75, 3.05) is 0 Å². The summed E-state index contributed by atoms with van der Waals surface area (Å²) in [6.45, 7) is 1.84. The van der Waals surface area contributed by atoms with Crippen molar-refractivity contribution in [3.8, 4) is 0 Å². The number of amides is 1. The van der Waals surface area contributed by atoms with Crippen molar-refractivity contribution in [3.05, 3.63) is 30.1 Å². The van der Waals surface area contributed by atoms with E-state index in [1.54, 1.807) is 13.1 Å². The van der Waals surface area contributed by atoms with E-state index >= 15 is 0 Å². The maximum Gasteiger partial charge on any atom is 0.240 e. The van der Waals surface area contributed by atoms with Crippen LogP contribution in [0.25, 0.3) is 0 Å². The number of nitrogens with two attached hydrogens (primary N) is 1. The molecule has 20 heavy (non-hydrogen) atoms. The normalized spacial score (nSPS) is 22.3. The molecule has 0 radical (unpaired) electrons. The second-order valence-corrected chi connectivity index (χ2v) is 5.40. The number of pyridine rings is 1. The molecular weight excluding hydrogens is 254 g/mol. The summed E-state index contributed by atoms with van der Waals surface area (Å²) in [7, 11) is 0. The Bertz CT molecular complexity index is 475. The Hall–Kier alpha value is -1.75. The molecule has 0 aliphatic heterocycles. The van der Waals surface area contributed by atoms with Crippen molar-refractivity contribution >= 4 is 11.7 Å². The number of hydrogen-bond acceptors (Lipinski definition) is 4. The van der Waals surface area contributed by atoms with Crippen molar-refractivity contribution < 1.29 is 9.59 Å². The third kappa shape index (κ3) is 3.42. The molecule has 0 spiro atoms. The Kier molecular flexibility index (Phi) is 4.84. The van der Waals surface area contributed by atoms with Gasteiger partial charge in [-0.15, -0.1) is 0 Å². The highest BCUT2D eigenvalue weighted by atomic mass is 16.2. The molecule has 5 nitrogen and oxygen atoms in total. The van der Waals surface area contributed by atoms with Gasteiger partial charge in [0.05, 0.1) is 12.2 Å². The van der Waals surface area contributed by atoms with Gasteiger partial charge in [-0.1, -0.05) is 18.9 Å². The summed E-state index contributed by atoms with van der Waals surface area (Å²) in [5, 5.41) is 1.20. The van der Waals surface area contributed by atoms with Gasteiger partial charge in [0.25, 0.3) is 0 Å². The van der Waals surface area contributed by atoms with Crippen LogP contribution in [0.1, 0.15) is 38.3 Å². The van der Waals surface area contributed by atoms with Crippen LogP contribution in [0.4, 0.5) is 0 Å². The minimum absolute atomic E-state index is 0.0919. The first kappa shape index (κ1) is 14.7. The van der Waals surface area contributed by atoms with Crippen LogP contribution >= 0.6 is 0 Å². The van der Waals surface area contributed by atoms with Crippen LogP contribution in [0, 0.1) is 11.8 Å². The van der Waals surface area contributed by atoms with Crippen LogP contribution in [-0.4, -0.2) is 21.7 Å². The smallest absolute Gasteiger partial charge is 0.240 e. The van der Waals surface area contributed by atoms with Crippen LogP contribution in [0.2, 0.25) is 0 Å². The number of rotatable bonds is 4. The number of carbonyl (C=O) groups is 2. The van der Waals surface area contributed by atoms with E-state index in [1.165, 1.54) is 5.01 Å². The third-order valence-electron chi connectivity index (χ3n) is 3.95. The summed E-state index contributed by atoms with van der Waals surface area (Å²) in [6.07, 6.45) is 5.21. The summed E-state index contributed by atoms with van der Waals surface area (Å²) in [5.41, 5.74) is 0.749. The zero-order valence-electron chi connectivity index (χ0n) is 11.8. The average Bonchev–Trinajstić information content (AvgIpc) is 2.47. The summed E-state index contributed by atoms with van der Waals surface area (Å²) >= 11 is 0. The molecule has 1 heterocycles. The topological polar surface area (TPSA) is 76.3 Å². The number of aromatic nitrogens is 1. The molecule has 1 aromatic rings. The van der Waals surface area contributed by atoms with E-state index in [4.69, 9.17) is 5.84 Å². The molecular formula is C15H21N3O2. The molecule has 2 N–H and O–H groups in total. The van der Waals surface area contributed by atoms with E-state index in [-0.39, 0.29) is 30.1 Å². The van der Waals surface area contributed by atoms with Crippen LogP contribution in [-0.2, 0) is 16.1 Å². The first-order chi connectivity index (χ1) is 9.59. The molecule has 2 rings (SSSR count). The quantitative estimate of drug-likeness (QED) is 0.515. The monoisotopic (exact) mass is 275 g/mol. The van der Waals surface area contributed by atoms with Crippen molar-refractivity contribution in [3.63, 3.8) is 0 Å². The van der Waals surface area contributed by atoms with E-state index in [2.05, 4.69) is 4.98 Å². The molecule has 1 aliphatic carbocycles. The van der Waals surface area contributed by atoms with Crippen molar-refractivity contribution in [2.45, 2.75) is 39.2 Å². The molecule has 0 saturated heterocycles. The molecule has 1 aromatic heterocycles. The Morgan fingerprint density at radius 3 is 2.60 bits per heavy atom. The zero-order valence-corrected chi connectivity index (χ0v) is 11.8. The lowest BCUT2D eigenvalue weighted by Crippen LogP contribution is -2.45. The maximum absolute atomic E-state index is 12.4. The van der Waals surface area contributed by atoms with Gasteiger partial charge >= 0.3 is 0 Å². The minimum Gasteiger partial charge on any atom is -0.300 e. The molecule has 0 aromatic carbocycles. The fraction of sp³-hybridized carbons (Fsp3) is 0.533. The van der Waals surface area contributed by atoms with Gasteiger partial charge in [-0.25, -0.2) is 5.84 Å². The van der Waals surface area contributed by atoms with Crippen LogP contribution in [0.3, 0.4) is 0 Å². The number of hydrazine groups is 1. The lowest BCUT2D eigenvalue weighted by atomic mass is 9.76. The van der Waals surface area contributed by atoms with Gasteiger partial charge < -0.3 is 0 Å². The second-order valence-electron chi connectivity index (χ2n) is 5.40. The van der Waals surface area contributed by atoms with E-state index in [0.717, 1.165) is 31.4 Å². The summed E-state index contributed by atoms with van der Waals surface area (Å²) in [6, 6.07) is 5.51. The second kappa shape index (κ2) is 6.61. The molecule has 0 unspecified atom stereocenters. The minimum atomic E-state index is -0.269. The Morgan fingerprint density at radius 1 is 1.30 bits per heavy atom. The van der Waals surface area contributed by atoms with Gasteiger partial charge in [-0.2, -0.15) is 0 Å². The van der Waals surface area contributed by atoms with Gasteiger partial charge in [0.1, 0.15) is 5.78 Å². The molecule has 1 amide bonds. The van der Waals surface area contributed by atoms with Crippen molar-refractivity contribution in [1.82, 2.24) is 9.99 Å². The van der Waals surface area contributed by atoms with Crippen molar-refractivity contribution in [2.24, 2.45) is 17.7 Å². The molecule has 0 bridgehead atoms. The molecule has 108 valence electrons. The lowest BCUT2D eigenvalue weighted by molar-refractivity contribution is -0.143. The van der Waals surface area contributed by atoms with Crippen LogP contribution in [0.15, 0.2) is 24.4 Å². The number of ketones is 1. The van der Waals surface area contributed by atoms with Gasteiger partial charge in [0.15, 0.2) is 0 Å². The summed E-state index contributed by atoms with van der Waals surface area (Å²) in [5.74, 6) is 5.38. The lowest BCUT2D eigenvalue weighted by Gasteiger charge is -2.31. The van der Waals surface area contributed by atoms with Gasteiger partial charge in [-0.3, -0.25) is 19.6 Å². The molecule has 5 heteroatoms. The van der Waals surface area contributed by atoms with Gasteiger partial charge in [0, 0.05) is 18.0 Å². The van der Waals surface area contributed by atoms with E-state index in [0.29, 0.717) is 0 Å². The number of Topliss-reactive ketones (excluding diaryl/α,β-unsaturated/α-hetero) is 1. The number of nitrogens with zero attached hydrogens (tertiary/aromatic N) is 2. The van der Waals surface area contributed by atoms with E-state index < -0.39 is 0 Å². The molecule has 2 atom stereocenters. The SMILES string of the molecule is CC(=O)[C@H]1CCCC[C@H]1C(=O)N(N)Cc1ccccn1. The first-order valence-electron chi connectivity index (χ1n) is 7.06. The number of carbonyl (C=O) groups excluding carboxylic acids is 2. The van der Waals surface area contributed by atoms with E-state index in [9.17, 15) is 9.59 Å². The Balaban J connectivity index is 2.03. The molecule has 1 fully saturated rings. The number of hydrogen-bond donors (Lipinski definition) is 1. The summed E-state index contributed by atoms with van der Waals surface area (Å²) < 4.78 is 0. The molecule has 1 aliphatic rings. The highest BCUT2D eigenvalue weighted by Gasteiger charge is 2.35.